The normalized spacial score (nSPS) is 19.1. The number of likely N-dealkylation sites (tertiary alicyclic amines) is 1. The lowest BCUT2D eigenvalue weighted by Crippen LogP contribution is -2.45. The highest BCUT2D eigenvalue weighted by Gasteiger charge is 2.44. The summed E-state index contributed by atoms with van der Waals surface area (Å²) in [6, 6.07) is 3.58. The van der Waals surface area contributed by atoms with Crippen LogP contribution in [0.4, 0.5) is 13.2 Å². The van der Waals surface area contributed by atoms with Crippen LogP contribution in [0.5, 0.6) is 0 Å². The molecule has 20 heavy (non-hydrogen) atoms. The predicted molar refractivity (Wildman–Crippen MR) is 65.9 cm³/mol. The van der Waals surface area contributed by atoms with Crippen molar-refractivity contribution in [1.82, 2.24) is 9.88 Å². The summed E-state index contributed by atoms with van der Waals surface area (Å²) in [6.45, 7) is 0.523. The van der Waals surface area contributed by atoms with Crippen molar-refractivity contribution < 1.29 is 23.1 Å². The zero-order chi connectivity index (χ0) is 14.8. The third-order valence-electron chi connectivity index (χ3n) is 3.68. The van der Waals surface area contributed by atoms with Crippen molar-refractivity contribution in [3.8, 4) is 0 Å². The van der Waals surface area contributed by atoms with Gasteiger partial charge in [-0.2, -0.15) is 13.2 Å². The van der Waals surface area contributed by atoms with Gasteiger partial charge in [-0.25, -0.2) is 0 Å². The largest absolute Gasteiger partial charge is 0.414 e. The number of carbonyl (C=O) groups is 1. The highest BCUT2D eigenvalue weighted by Crippen LogP contribution is 2.31. The van der Waals surface area contributed by atoms with Crippen LogP contribution in [0.25, 0.3) is 0 Å². The van der Waals surface area contributed by atoms with Gasteiger partial charge in [-0.05, 0) is 30.9 Å². The lowest BCUT2D eigenvalue weighted by atomic mass is 9.90. The number of amides is 1. The van der Waals surface area contributed by atoms with Gasteiger partial charge in [0.1, 0.15) is 0 Å². The molecule has 0 bridgehead atoms. The number of alkyl halides is 3. The van der Waals surface area contributed by atoms with E-state index in [1.54, 1.807) is 23.2 Å². The van der Waals surface area contributed by atoms with Crippen LogP contribution in [0.3, 0.4) is 0 Å². The first-order chi connectivity index (χ1) is 9.38. The number of aliphatic hydroxyl groups is 1. The van der Waals surface area contributed by atoms with Crippen LogP contribution in [0.2, 0.25) is 0 Å². The fraction of sp³-hybridized carbons (Fsp3) is 0.615. The molecule has 0 saturated carbocycles. The average Bonchev–Trinajstić information content (AvgIpc) is 2.90. The van der Waals surface area contributed by atoms with Crippen LogP contribution in [-0.4, -0.2) is 46.3 Å². The van der Waals surface area contributed by atoms with E-state index in [1.165, 1.54) is 0 Å². The van der Waals surface area contributed by atoms with Crippen LogP contribution in [-0.2, 0) is 11.2 Å². The minimum Gasteiger partial charge on any atom is -0.383 e. The summed E-state index contributed by atoms with van der Waals surface area (Å²) in [5.41, 5.74) is 0.785. The molecule has 1 aromatic rings. The smallest absolute Gasteiger partial charge is 0.383 e. The number of nitrogens with one attached hydrogen (secondary N) is 1. The molecule has 0 aliphatic carbocycles. The maximum absolute atomic E-state index is 12.4. The minimum absolute atomic E-state index is 0.104. The first-order valence-corrected chi connectivity index (χ1v) is 6.52. The van der Waals surface area contributed by atoms with Crippen LogP contribution < -0.4 is 0 Å². The van der Waals surface area contributed by atoms with Crippen molar-refractivity contribution in [2.45, 2.75) is 31.5 Å². The number of carbonyl (C=O) groups excluding carboxylic acids is 1. The van der Waals surface area contributed by atoms with E-state index in [0.717, 1.165) is 5.69 Å². The van der Waals surface area contributed by atoms with Gasteiger partial charge in [0.25, 0.3) is 0 Å². The molecule has 1 fully saturated rings. The van der Waals surface area contributed by atoms with Crippen LogP contribution in [0.1, 0.15) is 18.5 Å². The molecule has 0 radical (unpaired) electrons. The van der Waals surface area contributed by atoms with E-state index in [4.69, 9.17) is 0 Å². The van der Waals surface area contributed by atoms with Crippen molar-refractivity contribution in [2.24, 2.45) is 5.92 Å². The minimum atomic E-state index is -4.58. The van der Waals surface area contributed by atoms with Crippen molar-refractivity contribution >= 4 is 5.91 Å². The van der Waals surface area contributed by atoms with Crippen LogP contribution in [0.15, 0.2) is 18.3 Å². The van der Waals surface area contributed by atoms with Gasteiger partial charge < -0.3 is 15.0 Å². The number of hydrogen-bond acceptors (Lipinski definition) is 2. The Balaban J connectivity index is 1.83. The van der Waals surface area contributed by atoms with Crippen molar-refractivity contribution in [2.75, 3.05) is 13.1 Å². The molecule has 1 aliphatic heterocycles. The number of piperidine rings is 1. The molecule has 4 nitrogen and oxygen atoms in total. The average molecular weight is 290 g/mol. The summed E-state index contributed by atoms with van der Waals surface area (Å²) in [6.07, 6.45) is -4.58. The Kier molecular flexibility index (Phi) is 4.37. The predicted octanol–water partition coefficient (Wildman–Crippen LogP) is 1.72. The lowest BCUT2D eigenvalue weighted by Gasteiger charge is -2.34. The van der Waals surface area contributed by atoms with Gasteiger partial charge in [-0.1, -0.05) is 0 Å². The van der Waals surface area contributed by atoms with Gasteiger partial charge in [-0.15, -0.1) is 0 Å². The SMILES string of the molecule is O=C(Cc1ccc[nH]1)N1CCC(C(O)C(F)(F)F)CC1. The summed E-state index contributed by atoms with van der Waals surface area (Å²) in [5, 5.41) is 9.21. The van der Waals surface area contributed by atoms with Crippen molar-refractivity contribution in [1.29, 1.82) is 0 Å². The molecule has 2 heterocycles. The van der Waals surface area contributed by atoms with E-state index in [2.05, 4.69) is 4.98 Å². The molecular formula is C13H17F3N2O2. The Labute approximate surface area is 114 Å². The topological polar surface area (TPSA) is 56.3 Å². The van der Waals surface area contributed by atoms with Gasteiger partial charge in [0.2, 0.25) is 5.91 Å². The quantitative estimate of drug-likeness (QED) is 0.890. The van der Waals surface area contributed by atoms with Gasteiger partial charge in [-0.3, -0.25) is 4.79 Å². The molecule has 2 N–H and O–H groups in total. The standard InChI is InChI=1S/C13H17F3N2O2/c14-13(15,16)12(20)9-3-6-18(7-4-9)11(19)8-10-2-1-5-17-10/h1-2,5,9,12,17,20H,3-4,6-8H2. The molecule has 1 atom stereocenters. The number of aliphatic hydroxyl groups excluding tert-OH is 1. The first-order valence-electron chi connectivity index (χ1n) is 6.52. The van der Waals surface area contributed by atoms with Crippen LogP contribution in [0, 0.1) is 5.92 Å². The molecule has 0 spiro atoms. The van der Waals surface area contributed by atoms with E-state index in [0.29, 0.717) is 0 Å². The second-order valence-electron chi connectivity index (χ2n) is 5.08. The number of H-pyrrole nitrogens is 1. The summed E-state index contributed by atoms with van der Waals surface area (Å²) in [5.74, 6) is -0.920. The van der Waals surface area contributed by atoms with Gasteiger partial charge >= 0.3 is 6.18 Å². The van der Waals surface area contributed by atoms with Crippen LogP contribution >= 0.6 is 0 Å². The zero-order valence-electron chi connectivity index (χ0n) is 10.9. The van der Waals surface area contributed by atoms with E-state index in [9.17, 15) is 23.1 Å². The number of nitrogens with zero attached hydrogens (tertiary/aromatic N) is 1. The molecule has 1 unspecified atom stereocenters. The number of hydrogen-bond donors (Lipinski definition) is 2. The summed E-state index contributed by atoms with van der Waals surface area (Å²) in [4.78, 5) is 16.4. The molecule has 0 aromatic carbocycles. The maximum atomic E-state index is 12.4. The van der Waals surface area contributed by atoms with Gasteiger partial charge in [0, 0.05) is 25.0 Å². The van der Waals surface area contributed by atoms with E-state index < -0.39 is 18.2 Å². The van der Waals surface area contributed by atoms with E-state index >= 15 is 0 Å². The Morgan fingerprint density at radius 3 is 2.60 bits per heavy atom. The van der Waals surface area contributed by atoms with Crippen molar-refractivity contribution in [3.05, 3.63) is 24.0 Å². The number of halogens is 3. The first kappa shape index (κ1) is 14.9. The van der Waals surface area contributed by atoms with Gasteiger partial charge in [0.15, 0.2) is 6.10 Å². The third kappa shape index (κ3) is 3.53. The number of aromatic amines is 1. The molecule has 2 rings (SSSR count). The highest BCUT2D eigenvalue weighted by atomic mass is 19.4. The second-order valence-corrected chi connectivity index (χ2v) is 5.08. The molecule has 7 heteroatoms. The Bertz CT molecular complexity index is 437. The molecule has 1 amide bonds. The molecule has 1 saturated heterocycles. The molecule has 112 valence electrons. The van der Waals surface area contributed by atoms with Crippen molar-refractivity contribution in [3.63, 3.8) is 0 Å². The number of aromatic nitrogens is 1. The highest BCUT2D eigenvalue weighted by molar-refractivity contribution is 5.78. The monoisotopic (exact) mass is 290 g/mol. The summed E-state index contributed by atoms with van der Waals surface area (Å²) in [7, 11) is 0. The van der Waals surface area contributed by atoms with E-state index in [1.807, 2.05) is 0 Å². The zero-order valence-corrected chi connectivity index (χ0v) is 10.9. The summed E-state index contributed by atoms with van der Waals surface area (Å²) >= 11 is 0. The molecule has 1 aliphatic rings. The molecular weight excluding hydrogens is 273 g/mol. The fourth-order valence-electron chi connectivity index (χ4n) is 2.48. The lowest BCUT2D eigenvalue weighted by molar-refractivity contribution is -0.222. The maximum Gasteiger partial charge on any atom is 0.414 e. The Morgan fingerprint density at radius 1 is 1.45 bits per heavy atom. The summed E-state index contributed by atoms with van der Waals surface area (Å²) < 4.78 is 37.2. The number of rotatable bonds is 3. The fourth-order valence-corrected chi connectivity index (χ4v) is 2.48. The molecule has 1 aromatic heterocycles. The second kappa shape index (κ2) is 5.87. The third-order valence-corrected chi connectivity index (χ3v) is 3.68. The Morgan fingerprint density at radius 2 is 2.10 bits per heavy atom. The van der Waals surface area contributed by atoms with E-state index in [-0.39, 0.29) is 38.3 Å². The Hall–Kier alpha value is -1.50. The van der Waals surface area contributed by atoms with Gasteiger partial charge in [0.05, 0.1) is 6.42 Å².